The zero-order valence-corrected chi connectivity index (χ0v) is 4.37. The van der Waals surface area contributed by atoms with Crippen molar-refractivity contribution in [1.29, 1.82) is 0 Å². The summed E-state index contributed by atoms with van der Waals surface area (Å²) in [6.07, 6.45) is 1.71. The molecule has 1 N–H and O–H groups in total. The predicted molar refractivity (Wildman–Crippen MR) is 32.0 cm³/mol. The predicted octanol–water partition coefficient (Wildman–Crippen LogP) is 1.07. The van der Waals surface area contributed by atoms with Gasteiger partial charge in [-0.1, -0.05) is 0 Å². The molecule has 0 aliphatic heterocycles. The average Bonchev–Trinajstić information content (AvgIpc) is 1.62. The Bertz CT molecular complexity index is 117. The van der Waals surface area contributed by atoms with Crippen molar-refractivity contribution in [3.05, 3.63) is 30.4 Å². The fourth-order valence-corrected chi connectivity index (χ4v) is 0.386. The van der Waals surface area contributed by atoms with E-state index in [1.165, 1.54) is 0 Å². The molecule has 8 heavy (non-hydrogen) atoms. The number of rotatable bonds is 0. The molecule has 1 rings (SSSR count). The second-order valence-electron chi connectivity index (χ2n) is 1.31. The van der Waals surface area contributed by atoms with E-state index in [1.807, 2.05) is 18.2 Å². The summed E-state index contributed by atoms with van der Waals surface area (Å²) in [7, 11) is 1.57. The van der Waals surface area contributed by atoms with Crippen molar-refractivity contribution in [3.8, 4) is 0 Å². The van der Waals surface area contributed by atoms with E-state index in [4.69, 9.17) is 4.44 Å². The normalized spacial score (nSPS) is 7.50. The summed E-state index contributed by atoms with van der Waals surface area (Å²) in [6, 6.07) is 5.65. The van der Waals surface area contributed by atoms with E-state index < -0.39 is 0 Å². The van der Waals surface area contributed by atoms with Crippen LogP contribution in [0.15, 0.2) is 34.8 Å². The molecule has 0 aromatic carbocycles. The van der Waals surface area contributed by atoms with E-state index in [9.17, 15) is 0 Å². The maximum absolute atomic E-state index is 4.71. The van der Waals surface area contributed by atoms with Crippen LogP contribution >= 0.6 is 0 Å². The van der Waals surface area contributed by atoms with Crippen molar-refractivity contribution in [2.45, 2.75) is 0 Å². The monoisotopic (exact) mass is 107 g/mol. The van der Waals surface area contributed by atoms with E-state index in [-0.39, 0.29) is 0 Å². The minimum absolute atomic E-state index is 1.57. The molecular weight excluding hydrogens is 101 g/mol. The molecule has 0 aliphatic carbocycles. The van der Waals surface area contributed by atoms with Crippen molar-refractivity contribution < 1.29 is 4.44 Å². The van der Waals surface area contributed by atoms with Gasteiger partial charge in [0.2, 0.25) is 0 Å². The van der Waals surface area contributed by atoms with Gasteiger partial charge < -0.3 is 0 Å². The molecule has 0 saturated heterocycles. The van der Waals surface area contributed by atoms with Gasteiger partial charge in [0, 0.05) is 0 Å². The molecule has 2 nitrogen and oxygen atoms in total. The molecule has 0 fully saturated rings. The van der Waals surface area contributed by atoms with Gasteiger partial charge in [-0.2, -0.15) is 0 Å². The first-order valence-electron chi connectivity index (χ1n) is 2.40. The van der Waals surface area contributed by atoms with Gasteiger partial charge in [-0.05, 0) is 0 Å². The van der Waals surface area contributed by atoms with Crippen LogP contribution in [0.4, 0.5) is 0 Å². The molecule has 0 bridgehead atoms. The molecule has 3 heteroatoms. The quantitative estimate of drug-likeness (QED) is 0.527. The Hall–Kier alpha value is -0.985. The zero-order valence-electron chi connectivity index (χ0n) is 4.37. The molecule has 0 amide bonds. The number of H-pyrrole nitrogens is 1. The second kappa shape index (κ2) is 3.07. The number of hydrogen-bond donors (Lipinski definition) is 1. The summed E-state index contributed by atoms with van der Waals surface area (Å²) in [6.45, 7) is 0. The summed E-state index contributed by atoms with van der Waals surface area (Å²) < 4.78 is 4.71. The van der Waals surface area contributed by atoms with Crippen molar-refractivity contribution in [2.75, 3.05) is 0 Å². The molecule has 0 radical (unpaired) electrons. The first-order valence-corrected chi connectivity index (χ1v) is 2.40. The van der Waals surface area contributed by atoms with Crippen LogP contribution in [0.25, 0.3) is 0 Å². The summed E-state index contributed by atoms with van der Waals surface area (Å²) in [5, 5.41) is 2.57. The van der Waals surface area contributed by atoms with Crippen LogP contribution < -0.4 is 0 Å². The van der Waals surface area contributed by atoms with Gasteiger partial charge in [-0.3, -0.25) is 0 Å². The van der Waals surface area contributed by atoms with Crippen molar-refractivity contribution in [3.63, 3.8) is 0 Å². The molecule has 1 heterocycles. The Morgan fingerprint density at radius 3 is 3.25 bits per heavy atom. The minimum atomic E-state index is 1.57. The van der Waals surface area contributed by atoms with Crippen LogP contribution in [0.3, 0.4) is 0 Å². The van der Waals surface area contributed by atoms with Gasteiger partial charge in [-0.15, -0.1) is 0 Å². The third-order valence-electron chi connectivity index (χ3n) is 0.712. The van der Waals surface area contributed by atoms with Gasteiger partial charge in [0.25, 0.3) is 0 Å². The van der Waals surface area contributed by atoms with Gasteiger partial charge in [-0.25, -0.2) is 0 Å². The van der Waals surface area contributed by atoms with Gasteiger partial charge >= 0.3 is 47.1 Å². The zero-order chi connectivity index (χ0) is 5.66. The second-order valence-corrected chi connectivity index (χ2v) is 1.31. The Balaban J connectivity index is 3.00. The summed E-state index contributed by atoms with van der Waals surface area (Å²) in [5.41, 5.74) is 0. The molecule has 0 spiro atoms. The van der Waals surface area contributed by atoms with E-state index in [0.717, 1.165) is 0 Å². The van der Waals surface area contributed by atoms with Gasteiger partial charge in [0.15, 0.2) is 0 Å². The fourth-order valence-electron chi connectivity index (χ4n) is 0.386. The van der Waals surface area contributed by atoms with Crippen LogP contribution in [-0.2, 0) is 0 Å². The molecule has 1 aromatic heterocycles. The Labute approximate surface area is 48.1 Å². The van der Waals surface area contributed by atoms with Crippen LogP contribution in [0.2, 0.25) is 0 Å². The van der Waals surface area contributed by atoms with E-state index in [2.05, 4.69) is 5.16 Å². The van der Waals surface area contributed by atoms with Crippen LogP contribution in [0.5, 0.6) is 0 Å². The van der Waals surface area contributed by atoms with Crippen LogP contribution in [0.1, 0.15) is 0 Å². The molecule has 0 unspecified atom stereocenters. The average molecular weight is 107 g/mol. The van der Waals surface area contributed by atoms with Crippen molar-refractivity contribution >= 4 is 7.13 Å². The molecule has 0 atom stereocenters. The Morgan fingerprint density at radius 2 is 2.25 bits per heavy atom. The first kappa shape index (κ1) is 5.16. The van der Waals surface area contributed by atoms with Crippen molar-refractivity contribution in [1.82, 2.24) is 5.16 Å². The standard InChI is InChI=1S/C5H6BNO/c1-2-4-6-8-7-5-3-1/h1-5,7H. The van der Waals surface area contributed by atoms with Gasteiger partial charge in [0.1, 0.15) is 0 Å². The summed E-state index contributed by atoms with van der Waals surface area (Å²) >= 11 is 0. The molecule has 1 aromatic rings. The topological polar surface area (TPSA) is 28.9 Å². The molecular formula is C5H6BNO. The first-order chi connectivity index (χ1) is 4.00. The third kappa shape index (κ3) is 1.64. The SMILES string of the molecule is b1ccccc[nH]o1. The summed E-state index contributed by atoms with van der Waals surface area (Å²) in [4.78, 5) is 0. The van der Waals surface area contributed by atoms with E-state index in [1.54, 1.807) is 19.3 Å². The van der Waals surface area contributed by atoms with Crippen LogP contribution in [0, 0.1) is 0 Å². The number of aromatic amines is 1. The fraction of sp³-hybridized carbons (Fsp3) is 0. The number of nitrogens with one attached hydrogen (secondary N) is 1. The molecule has 40 valence electrons. The van der Waals surface area contributed by atoms with E-state index >= 15 is 0 Å². The van der Waals surface area contributed by atoms with Crippen molar-refractivity contribution in [2.24, 2.45) is 0 Å². The van der Waals surface area contributed by atoms with Gasteiger partial charge in [0.05, 0.1) is 0 Å². The Kier molecular flexibility index (Phi) is 1.98. The number of hydrogen-bond acceptors (Lipinski definition) is 1. The van der Waals surface area contributed by atoms with Crippen LogP contribution in [-0.4, -0.2) is 12.3 Å². The molecule has 0 aliphatic rings. The maximum atomic E-state index is 4.71. The third-order valence-corrected chi connectivity index (χ3v) is 0.712. The Morgan fingerprint density at radius 1 is 1.25 bits per heavy atom. The molecule has 0 saturated carbocycles. The summed E-state index contributed by atoms with van der Waals surface area (Å²) in [5.74, 6) is 1.80. The number of aromatic nitrogens is 1. The van der Waals surface area contributed by atoms with E-state index in [0.29, 0.717) is 0 Å².